The number of halogens is 3. The van der Waals surface area contributed by atoms with Gasteiger partial charge in [-0.15, -0.1) is 0 Å². The molecule has 0 saturated heterocycles. The minimum atomic E-state index is -5.29. The lowest BCUT2D eigenvalue weighted by molar-refractivity contribution is -0.0436. The van der Waals surface area contributed by atoms with Crippen LogP contribution in [0.5, 0.6) is 0 Å². The van der Waals surface area contributed by atoms with E-state index in [1.807, 2.05) is 6.92 Å². The van der Waals surface area contributed by atoms with Crippen LogP contribution in [0.2, 0.25) is 0 Å². The van der Waals surface area contributed by atoms with Gasteiger partial charge in [0.25, 0.3) is 9.84 Å². The van der Waals surface area contributed by atoms with Crippen LogP contribution in [0.15, 0.2) is 29.2 Å². The van der Waals surface area contributed by atoms with E-state index >= 15 is 0 Å². The molecular formula is C11H14F3NO3S. The van der Waals surface area contributed by atoms with Crippen LogP contribution in [0.25, 0.3) is 0 Å². The number of rotatable bonds is 5. The quantitative estimate of drug-likeness (QED) is 0.907. The van der Waals surface area contributed by atoms with Crippen LogP contribution in [0.1, 0.15) is 6.92 Å². The maximum absolute atomic E-state index is 12.3. The number of benzene rings is 1. The summed E-state index contributed by atoms with van der Waals surface area (Å²) in [4.78, 5) is -0.773. The van der Waals surface area contributed by atoms with Gasteiger partial charge in [0.1, 0.15) is 0 Å². The van der Waals surface area contributed by atoms with Crippen molar-refractivity contribution in [3.8, 4) is 0 Å². The third kappa shape index (κ3) is 3.84. The molecule has 0 bridgehead atoms. The van der Waals surface area contributed by atoms with Crippen LogP contribution in [0.3, 0.4) is 0 Å². The Bertz CT molecular complexity index is 511. The maximum atomic E-state index is 12.3. The first-order chi connectivity index (χ1) is 8.68. The lowest BCUT2D eigenvalue weighted by Gasteiger charge is -2.12. The van der Waals surface area contributed by atoms with Gasteiger partial charge in [0.2, 0.25) is 0 Å². The molecule has 1 aromatic carbocycles. The minimum absolute atomic E-state index is 0.0708. The Morgan fingerprint density at radius 2 is 1.79 bits per heavy atom. The summed E-state index contributed by atoms with van der Waals surface area (Å²) in [6, 6.07) is 4.40. The van der Waals surface area contributed by atoms with Crippen molar-refractivity contribution in [1.82, 2.24) is 0 Å². The highest BCUT2D eigenvalue weighted by Gasteiger charge is 2.46. The van der Waals surface area contributed by atoms with Crippen molar-refractivity contribution in [2.45, 2.75) is 23.4 Å². The van der Waals surface area contributed by atoms with Gasteiger partial charge in [-0.2, -0.15) is 13.2 Å². The number of ether oxygens (including phenoxy) is 1. The fourth-order valence-corrected chi connectivity index (χ4v) is 1.99. The average Bonchev–Trinajstić information content (AvgIpc) is 2.35. The number of nitrogens with one attached hydrogen (secondary N) is 1. The van der Waals surface area contributed by atoms with E-state index in [0.717, 1.165) is 12.1 Å². The summed E-state index contributed by atoms with van der Waals surface area (Å²) in [6.07, 6.45) is -0.0708. The van der Waals surface area contributed by atoms with Crippen LogP contribution in [-0.2, 0) is 14.6 Å². The predicted octanol–water partition coefficient (Wildman–Crippen LogP) is 2.43. The first-order valence-corrected chi connectivity index (χ1v) is 6.85. The molecule has 8 heteroatoms. The normalized spacial score (nSPS) is 14.2. The summed E-state index contributed by atoms with van der Waals surface area (Å²) in [5, 5.41) is 2.91. The first kappa shape index (κ1) is 15.8. The predicted molar refractivity (Wildman–Crippen MR) is 64.6 cm³/mol. The van der Waals surface area contributed by atoms with Crippen LogP contribution in [-0.4, -0.2) is 33.7 Å². The fourth-order valence-electron chi connectivity index (χ4n) is 1.23. The molecule has 108 valence electrons. The van der Waals surface area contributed by atoms with E-state index in [0.29, 0.717) is 12.2 Å². The van der Waals surface area contributed by atoms with E-state index in [4.69, 9.17) is 4.74 Å². The smallest absolute Gasteiger partial charge is 0.382 e. The molecule has 1 N–H and O–H groups in total. The van der Waals surface area contributed by atoms with Gasteiger partial charge in [-0.1, -0.05) is 0 Å². The summed E-state index contributed by atoms with van der Waals surface area (Å²) in [5.41, 5.74) is -4.77. The lowest BCUT2D eigenvalue weighted by Crippen LogP contribution is -2.23. The van der Waals surface area contributed by atoms with Crippen molar-refractivity contribution < 1.29 is 26.3 Å². The molecule has 4 nitrogen and oxygen atoms in total. The third-order valence-electron chi connectivity index (χ3n) is 2.47. The highest BCUT2D eigenvalue weighted by Crippen LogP contribution is 2.30. The van der Waals surface area contributed by atoms with Crippen molar-refractivity contribution >= 4 is 15.5 Å². The fraction of sp³-hybridized carbons (Fsp3) is 0.455. The largest absolute Gasteiger partial charge is 0.501 e. The maximum Gasteiger partial charge on any atom is 0.501 e. The standard InChI is InChI=1S/C11H14F3NO3S/c1-8(18-2)7-15-9-3-5-10(6-4-9)19(16,17)11(12,13)14/h3-6,8,15H,7H2,1-2H3. The van der Waals surface area contributed by atoms with Crippen molar-refractivity contribution in [3.05, 3.63) is 24.3 Å². The van der Waals surface area contributed by atoms with Crippen LogP contribution in [0.4, 0.5) is 18.9 Å². The van der Waals surface area contributed by atoms with E-state index in [1.54, 1.807) is 0 Å². The summed E-state index contributed by atoms with van der Waals surface area (Å²) in [7, 11) is -3.75. The lowest BCUT2D eigenvalue weighted by atomic mass is 10.3. The van der Waals surface area contributed by atoms with E-state index in [1.165, 1.54) is 19.2 Å². The number of hydrogen-bond donors (Lipinski definition) is 1. The van der Waals surface area contributed by atoms with Crippen LogP contribution < -0.4 is 5.32 Å². The van der Waals surface area contributed by atoms with E-state index in [-0.39, 0.29) is 6.10 Å². The first-order valence-electron chi connectivity index (χ1n) is 5.36. The van der Waals surface area contributed by atoms with Gasteiger partial charge in [-0.05, 0) is 31.2 Å². The van der Waals surface area contributed by atoms with Crippen molar-refractivity contribution in [2.24, 2.45) is 0 Å². The molecular weight excluding hydrogens is 283 g/mol. The minimum Gasteiger partial charge on any atom is -0.382 e. The molecule has 0 aliphatic rings. The molecule has 0 aliphatic heterocycles. The molecule has 19 heavy (non-hydrogen) atoms. The molecule has 0 aromatic heterocycles. The molecule has 0 saturated carbocycles. The Balaban J connectivity index is 2.83. The molecule has 0 aliphatic carbocycles. The molecule has 1 rings (SSSR count). The number of sulfone groups is 1. The highest BCUT2D eigenvalue weighted by molar-refractivity contribution is 7.92. The Morgan fingerprint density at radius 3 is 2.21 bits per heavy atom. The number of methoxy groups -OCH3 is 1. The molecule has 0 fully saturated rings. The molecule has 0 radical (unpaired) electrons. The zero-order chi connectivity index (χ0) is 14.7. The Morgan fingerprint density at radius 1 is 1.26 bits per heavy atom. The second-order valence-electron chi connectivity index (χ2n) is 3.90. The summed E-state index contributed by atoms with van der Waals surface area (Å²) < 4.78 is 64.1. The number of hydrogen-bond acceptors (Lipinski definition) is 4. The number of alkyl halides is 3. The molecule has 1 atom stereocenters. The van der Waals surface area contributed by atoms with Crippen LogP contribution in [0, 0.1) is 0 Å². The van der Waals surface area contributed by atoms with Crippen molar-refractivity contribution in [1.29, 1.82) is 0 Å². The Kier molecular flexibility index (Phi) is 4.81. The van der Waals surface area contributed by atoms with Crippen molar-refractivity contribution in [3.63, 3.8) is 0 Å². The monoisotopic (exact) mass is 297 g/mol. The molecule has 1 unspecified atom stereocenters. The van der Waals surface area contributed by atoms with E-state index in [9.17, 15) is 21.6 Å². The molecule has 0 spiro atoms. The zero-order valence-electron chi connectivity index (χ0n) is 10.4. The second-order valence-corrected chi connectivity index (χ2v) is 5.84. The molecule has 0 heterocycles. The average molecular weight is 297 g/mol. The highest BCUT2D eigenvalue weighted by atomic mass is 32.2. The Hall–Kier alpha value is -1.28. The molecule has 0 amide bonds. The van der Waals surface area contributed by atoms with Gasteiger partial charge in [0.15, 0.2) is 0 Å². The summed E-state index contributed by atoms with van der Waals surface area (Å²) in [5.74, 6) is 0. The van der Waals surface area contributed by atoms with Crippen LogP contribution >= 0.6 is 0 Å². The van der Waals surface area contributed by atoms with Crippen molar-refractivity contribution in [2.75, 3.05) is 19.0 Å². The van der Waals surface area contributed by atoms with Gasteiger partial charge in [0, 0.05) is 19.3 Å². The Labute approximate surface area is 109 Å². The SMILES string of the molecule is COC(C)CNc1ccc(S(=O)(=O)C(F)(F)F)cc1. The van der Waals surface area contributed by atoms with Gasteiger partial charge in [-0.25, -0.2) is 8.42 Å². The van der Waals surface area contributed by atoms with Gasteiger partial charge < -0.3 is 10.1 Å². The van der Waals surface area contributed by atoms with Gasteiger partial charge in [-0.3, -0.25) is 0 Å². The summed E-state index contributed by atoms with van der Waals surface area (Å²) >= 11 is 0. The van der Waals surface area contributed by atoms with E-state index < -0.39 is 20.2 Å². The zero-order valence-corrected chi connectivity index (χ0v) is 11.2. The third-order valence-corrected chi connectivity index (χ3v) is 3.97. The van der Waals surface area contributed by atoms with Gasteiger partial charge >= 0.3 is 5.51 Å². The van der Waals surface area contributed by atoms with Gasteiger partial charge in [0.05, 0.1) is 11.0 Å². The topological polar surface area (TPSA) is 55.4 Å². The number of anilines is 1. The summed E-state index contributed by atoms with van der Waals surface area (Å²) in [6.45, 7) is 2.28. The molecule has 1 aromatic rings. The second kappa shape index (κ2) is 5.79. The van der Waals surface area contributed by atoms with E-state index in [2.05, 4.69) is 5.32 Å².